The summed E-state index contributed by atoms with van der Waals surface area (Å²) in [6.07, 6.45) is 0. The predicted octanol–water partition coefficient (Wildman–Crippen LogP) is 1.31. The molecule has 1 atom stereocenters. The van der Waals surface area contributed by atoms with Crippen molar-refractivity contribution in [2.75, 3.05) is 6.54 Å². The molecule has 0 heterocycles. The van der Waals surface area contributed by atoms with Gasteiger partial charge in [0.25, 0.3) is 0 Å². The highest BCUT2D eigenvalue weighted by Gasteiger charge is 2.21. The Morgan fingerprint density at radius 2 is 1.62 bits per heavy atom. The summed E-state index contributed by atoms with van der Waals surface area (Å²) in [6.45, 7) is 11.5. The molecule has 4 nitrogen and oxygen atoms in total. The molecule has 0 saturated heterocycles. The smallest absolute Gasteiger partial charge is 0.239 e. The first-order chi connectivity index (χ1) is 7.14. The van der Waals surface area contributed by atoms with E-state index in [1.807, 2.05) is 41.5 Å². The van der Waals surface area contributed by atoms with Crippen molar-refractivity contribution in [2.45, 2.75) is 47.6 Å². The van der Waals surface area contributed by atoms with Gasteiger partial charge in [-0.25, -0.2) is 0 Å². The van der Waals surface area contributed by atoms with Crippen LogP contribution in [0.25, 0.3) is 0 Å². The topological polar surface area (TPSA) is 58.2 Å². The summed E-state index contributed by atoms with van der Waals surface area (Å²) >= 11 is 0. The molecule has 0 radical (unpaired) electrons. The van der Waals surface area contributed by atoms with Crippen LogP contribution in [0.5, 0.6) is 0 Å². The lowest BCUT2D eigenvalue weighted by Gasteiger charge is -2.20. The predicted molar refractivity (Wildman–Crippen MR) is 64.9 cm³/mol. The van der Waals surface area contributed by atoms with Crippen molar-refractivity contribution in [1.29, 1.82) is 0 Å². The zero-order valence-electron chi connectivity index (χ0n) is 11.2. The second-order valence-electron chi connectivity index (χ2n) is 5.53. The van der Waals surface area contributed by atoms with Crippen molar-refractivity contribution < 1.29 is 9.59 Å². The van der Waals surface area contributed by atoms with E-state index < -0.39 is 5.41 Å². The molecule has 4 heteroatoms. The Hall–Kier alpha value is -1.06. The van der Waals surface area contributed by atoms with E-state index in [0.29, 0.717) is 5.92 Å². The van der Waals surface area contributed by atoms with Crippen LogP contribution in [-0.2, 0) is 9.59 Å². The lowest BCUT2D eigenvalue weighted by molar-refractivity contribution is -0.131. The average Bonchev–Trinajstić information content (AvgIpc) is 2.12. The lowest BCUT2D eigenvalue weighted by atomic mass is 9.96. The molecule has 0 aliphatic carbocycles. The fourth-order valence-electron chi connectivity index (χ4n) is 0.897. The van der Waals surface area contributed by atoms with Crippen molar-refractivity contribution in [3.63, 3.8) is 0 Å². The van der Waals surface area contributed by atoms with Crippen LogP contribution in [-0.4, -0.2) is 24.4 Å². The van der Waals surface area contributed by atoms with Gasteiger partial charge in [-0.05, 0) is 12.8 Å². The Kier molecular flexibility index (Phi) is 5.48. The van der Waals surface area contributed by atoms with Crippen LogP contribution in [0.1, 0.15) is 41.5 Å². The highest BCUT2D eigenvalue weighted by molar-refractivity contribution is 5.87. The van der Waals surface area contributed by atoms with Crippen LogP contribution >= 0.6 is 0 Å². The van der Waals surface area contributed by atoms with Crippen LogP contribution in [0.2, 0.25) is 0 Å². The average molecular weight is 228 g/mol. The number of rotatable bonds is 4. The highest BCUT2D eigenvalue weighted by Crippen LogP contribution is 2.11. The van der Waals surface area contributed by atoms with E-state index >= 15 is 0 Å². The van der Waals surface area contributed by atoms with Gasteiger partial charge in [0.05, 0.1) is 6.54 Å². The Morgan fingerprint density at radius 1 is 1.12 bits per heavy atom. The summed E-state index contributed by atoms with van der Waals surface area (Å²) in [5, 5.41) is 5.45. The van der Waals surface area contributed by atoms with E-state index in [-0.39, 0.29) is 24.4 Å². The maximum Gasteiger partial charge on any atom is 0.239 e. The first-order valence-corrected chi connectivity index (χ1v) is 5.72. The molecule has 2 N–H and O–H groups in total. The molecule has 0 aromatic rings. The second kappa shape index (κ2) is 5.87. The van der Waals surface area contributed by atoms with E-state index in [2.05, 4.69) is 10.6 Å². The van der Waals surface area contributed by atoms with Gasteiger partial charge in [0.2, 0.25) is 11.8 Å². The number of amides is 2. The Labute approximate surface area is 98.2 Å². The number of hydrogen-bond acceptors (Lipinski definition) is 2. The minimum Gasteiger partial charge on any atom is -0.352 e. The molecular weight excluding hydrogens is 204 g/mol. The number of carbonyl (C=O) groups is 2. The summed E-state index contributed by atoms with van der Waals surface area (Å²) in [5.74, 6) is 0.140. The standard InChI is InChI=1S/C12H24N2O2/c1-8(2)9(3)14-10(15)7-13-11(16)12(4,5)6/h8-9H,7H2,1-6H3,(H,13,16)(H,14,15). The summed E-state index contributed by atoms with van der Waals surface area (Å²) in [7, 11) is 0. The fourth-order valence-corrected chi connectivity index (χ4v) is 0.897. The van der Waals surface area contributed by atoms with Crippen LogP contribution < -0.4 is 10.6 Å². The molecule has 1 unspecified atom stereocenters. The summed E-state index contributed by atoms with van der Waals surface area (Å²) in [5.41, 5.74) is -0.454. The number of carbonyl (C=O) groups excluding carboxylic acids is 2. The van der Waals surface area contributed by atoms with Crippen molar-refractivity contribution in [1.82, 2.24) is 10.6 Å². The van der Waals surface area contributed by atoms with E-state index in [1.165, 1.54) is 0 Å². The normalized spacial score (nSPS) is 13.4. The minimum absolute atomic E-state index is 0.0488. The van der Waals surface area contributed by atoms with Gasteiger partial charge in [0.15, 0.2) is 0 Å². The molecule has 0 aromatic carbocycles. The highest BCUT2D eigenvalue weighted by atomic mass is 16.2. The SMILES string of the molecule is CC(C)C(C)NC(=O)CNC(=O)C(C)(C)C. The molecule has 0 bridgehead atoms. The van der Waals surface area contributed by atoms with E-state index in [1.54, 1.807) is 0 Å². The second-order valence-corrected chi connectivity index (χ2v) is 5.53. The third kappa shape index (κ3) is 5.73. The summed E-state index contributed by atoms with van der Waals surface area (Å²) in [4.78, 5) is 23.0. The quantitative estimate of drug-likeness (QED) is 0.762. The van der Waals surface area contributed by atoms with Gasteiger partial charge in [-0.1, -0.05) is 34.6 Å². The van der Waals surface area contributed by atoms with Gasteiger partial charge in [0, 0.05) is 11.5 Å². The summed E-state index contributed by atoms with van der Waals surface area (Å²) < 4.78 is 0. The molecule has 0 fully saturated rings. The maximum absolute atomic E-state index is 11.5. The third-order valence-electron chi connectivity index (χ3n) is 2.48. The molecular formula is C12H24N2O2. The van der Waals surface area contributed by atoms with Gasteiger partial charge in [-0.3, -0.25) is 9.59 Å². The molecule has 0 saturated carbocycles. The van der Waals surface area contributed by atoms with Crippen LogP contribution in [0, 0.1) is 11.3 Å². The zero-order chi connectivity index (χ0) is 12.9. The Morgan fingerprint density at radius 3 is 2.00 bits per heavy atom. The largest absolute Gasteiger partial charge is 0.352 e. The lowest BCUT2D eigenvalue weighted by Crippen LogP contribution is -2.45. The van der Waals surface area contributed by atoms with Gasteiger partial charge in [0.1, 0.15) is 0 Å². The first-order valence-electron chi connectivity index (χ1n) is 5.72. The maximum atomic E-state index is 11.5. The first kappa shape index (κ1) is 14.9. The summed E-state index contributed by atoms with van der Waals surface area (Å²) in [6, 6.07) is 0.124. The molecule has 0 spiro atoms. The van der Waals surface area contributed by atoms with E-state index in [9.17, 15) is 9.59 Å². The molecule has 0 aliphatic rings. The van der Waals surface area contributed by atoms with E-state index in [4.69, 9.17) is 0 Å². The Bertz CT molecular complexity index is 254. The molecule has 0 aliphatic heterocycles. The van der Waals surface area contributed by atoms with Crippen molar-refractivity contribution >= 4 is 11.8 Å². The minimum atomic E-state index is -0.454. The Balaban J connectivity index is 3.96. The van der Waals surface area contributed by atoms with Gasteiger partial charge in [-0.15, -0.1) is 0 Å². The molecule has 94 valence electrons. The molecule has 16 heavy (non-hydrogen) atoms. The molecule has 0 aromatic heterocycles. The van der Waals surface area contributed by atoms with Crippen molar-refractivity contribution in [3.8, 4) is 0 Å². The zero-order valence-corrected chi connectivity index (χ0v) is 11.2. The van der Waals surface area contributed by atoms with Gasteiger partial charge in [-0.2, -0.15) is 0 Å². The monoisotopic (exact) mass is 228 g/mol. The van der Waals surface area contributed by atoms with Crippen molar-refractivity contribution in [3.05, 3.63) is 0 Å². The number of hydrogen-bond donors (Lipinski definition) is 2. The van der Waals surface area contributed by atoms with Crippen LogP contribution in [0.3, 0.4) is 0 Å². The fraction of sp³-hybridized carbons (Fsp3) is 0.833. The van der Waals surface area contributed by atoms with E-state index in [0.717, 1.165) is 0 Å². The molecule has 2 amide bonds. The van der Waals surface area contributed by atoms with Gasteiger partial charge >= 0.3 is 0 Å². The number of nitrogens with one attached hydrogen (secondary N) is 2. The third-order valence-corrected chi connectivity index (χ3v) is 2.48. The molecule has 0 rings (SSSR count). The van der Waals surface area contributed by atoms with Crippen LogP contribution in [0.15, 0.2) is 0 Å². The van der Waals surface area contributed by atoms with Crippen LogP contribution in [0.4, 0.5) is 0 Å². The van der Waals surface area contributed by atoms with Crippen molar-refractivity contribution in [2.24, 2.45) is 11.3 Å². The van der Waals surface area contributed by atoms with Gasteiger partial charge < -0.3 is 10.6 Å².